The highest BCUT2D eigenvalue weighted by Gasteiger charge is 2.27. The average Bonchev–Trinajstić information content (AvgIpc) is 3.20. The van der Waals surface area contributed by atoms with E-state index in [1.807, 2.05) is 24.0 Å². The van der Waals surface area contributed by atoms with Gasteiger partial charge in [-0.15, -0.1) is 0 Å². The van der Waals surface area contributed by atoms with Gasteiger partial charge in [-0.2, -0.15) is 0 Å². The smallest absolute Gasteiger partial charge is 0.317 e. The quantitative estimate of drug-likeness (QED) is 0.921. The van der Waals surface area contributed by atoms with E-state index < -0.39 is 0 Å². The third-order valence-corrected chi connectivity index (χ3v) is 4.42. The van der Waals surface area contributed by atoms with Crippen LogP contribution in [0.3, 0.4) is 0 Å². The first kappa shape index (κ1) is 15.4. The summed E-state index contributed by atoms with van der Waals surface area (Å²) in [6, 6.07) is 4.10. The number of nitrogens with one attached hydrogen (secondary N) is 1. The van der Waals surface area contributed by atoms with E-state index in [1.165, 1.54) is 0 Å². The number of carbonyl (C=O) groups is 1. The highest BCUT2D eigenvalue weighted by atomic mass is 16.5. The molecule has 2 aliphatic rings. The number of rotatable bonds is 4. The summed E-state index contributed by atoms with van der Waals surface area (Å²) in [4.78, 5) is 16.4. The Kier molecular flexibility index (Phi) is 5.00. The first-order valence-electron chi connectivity index (χ1n) is 8.15. The lowest BCUT2D eigenvalue weighted by molar-refractivity contribution is 0.0119. The van der Waals surface area contributed by atoms with Gasteiger partial charge in [0.25, 0.3) is 0 Å². The minimum atomic E-state index is 0.0408. The maximum absolute atomic E-state index is 12.2. The Hall–Kier alpha value is -1.53. The SMILES string of the molecule is Cc1ccc(C(CNC(=O)N2CCCC2)N2CCOCC2)o1. The van der Waals surface area contributed by atoms with Crippen LogP contribution in [-0.4, -0.2) is 61.8 Å². The number of likely N-dealkylation sites (tertiary alicyclic amines) is 1. The molecule has 1 aromatic heterocycles. The van der Waals surface area contributed by atoms with E-state index >= 15 is 0 Å². The Balaban J connectivity index is 1.63. The van der Waals surface area contributed by atoms with Gasteiger partial charge in [0, 0.05) is 32.7 Å². The van der Waals surface area contributed by atoms with Gasteiger partial charge in [0.15, 0.2) is 0 Å². The molecular formula is C16H25N3O3. The van der Waals surface area contributed by atoms with E-state index in [4.69, 9.17) is 9.15 Å². The summed E-state index contributed by atoms with van der Waals surface area (Å²) < 4.78 is 11.2. The summed E-state index contributed by atoms with van der Waals surface area (Å²) >= 11 is 0. The summed E-state index contributed by atoms with van der Waals surface area (Å²) in [5.74, 6) is 1.82. The number of aryl methyl sites for hydroxylation is 1. The minimum absolute atomic E-state index is 0.0408. The van der Waals surface area contributed by atoms with Crippen molar-refractivity contribution in [3.63, 3.8) is 0 Å². The van der Waals surface area contributed by atoms with Gasteiger partial charge in [-0.1, -0.05) is 0 Å². The van der Waals surface area contributed by atoms with Crippen molar-refractivity contribution in [2.24, 2.45) is 0 Å². The van der Waals surface area contributed by atoms with Crippen LogP contribution in [0.4, 0.5) is 4.79 Å². The van der Waals surface area contributed by atoms with Crippen LogP contribution in [0.15, 0.2) is 16.5 Å². The summed E-state index contributed by atoms with van der Waals surface area (Å²) in [5.41, 5.74) is 0. The lowest BCUT2D eigenvalue weighted by Crippen LogP contribution is -2.46. The first-order chi connectivity index (χ1) is 10.7. The van der Waals surface area contributed by atoms with Crippen LogP contribution < -0.4 is 5.32 Å². The molecule has 1 aromatic rings. The second-order valence-corrected chi connectivity index (χ2v) is 5.99. The molecule has 122 valence electrons. The average molecular weight is 307 g/mol. The van der Waals surface area contributed by atoms with E-state index in [0.29, 0.717) is 6.54 Å². The molecule has 1 unspecified atom stereocenters. The summed E-state index contributed by atoms with van der Waals surface area (Å²) in [7, 11) is 0. The van der Waals surface area contributed by atoms with Crippen molar-refractivity contribution in [1.29, 1.82) is 0 Å². The number of nitrogens with zero attached hydrogens (tertiary/aromatic N) is 2. The summed E-state index contributed by atoms with van der Waals surface area (Å²) in [6.07, 6.45) is 2.22. The fraction of sp³-hybridized carbons (Fsp3) is 0.688. The van der Waals surface area contributed by atoms with Crippen molar-refractivity contribution in [1.82, 2.24) is 15.1 Å². The van der Waals surface area contributed by atoms with Crippen LogP contribution in [0, 0.1) is 6.92 Å². The molecule has 6 nitrogen and oxygen atoms in total. The third kappa shape index (κ3) is 3.62. The van der Waals surface area contributed by atoms with Gasteiger partial charge in [-0.3, -0.25) is 4.90 Å². The van der Waals surface area contributed by atoms with Crippen molar-refractivity contribution in [3.8, 4) is 0 Å². The van der Waals surface area contributed by atoms with Crippen LogP contribution in [0.1, 0.15) is 30.4 Å². The van der Waals surface area contributed by atoms with Gasteiger partial charge in [0.1, 0.15) is 11.5 Å². The minimum Gasteiger partial charge on any atom is -0.465 e. The predicted molar refractivity (Wildman–Crippen MR) is 82.8 cm³/mol. The normalized spacial score (nSPS) is 21.0. The molecule has 2 fully saturated rings. The Morgan fingerprint density at radius 2 is 1.95 bits per heavy atom. The molecule has 22 heavy (non-hydrogen) atoms. The van der Waals surface area contributed by atoms with Crippen LogP contribution in [0.25, 0.3) is 0 Å². The predicted octanol–water partition coefficient (Wildman–Crippen LogP) is 1.77. The van der Waals surface area contributed by atoms with Crippen molar-refractivity contribution >= 4 is 6.03 Å². The molecule has 1 N–H and O–H groups in total. The molecule has 0 spiro atoms. The number of carbonyl (C=O) groups excluding carboxylic acids is 1. The fourth-order valence-corrected chi connectivity index (χ4v) is 3.15. The van der Waals surface area contributed by atoms with E-state index in [1.54, 1.807) is 0 Å². The Labute approximate surface area is 131 Å². The Bertz CT molecular complexity index is 491. The van der Waals surface area contributed by atoms with Crippen LogP contribution in [-0.2, 0) is 4.74 Å². The topological polar surface area (TPSA) is 58.0 Å². The Morgan fingerprint density at radius 3 is 2.59 bits per heavy atom. The van der Waals surface area contributed by atoms with Gasteiger partial charge < -0.3 is 19.4 Å². The maximum atomic E-state index is 12.2. The first-order valence-corrected chi connectivity index (χ1v) is 8.15. The number of urea groups is 1. The molecule has 1 atom stereocenters. The van der Waals surface area contributed by atoms with Gasteiger partial charge in [0.2, 0.25) is 0 Å². The van der Waals surface area contributed by atoms with Gasteiger partial charge in [-0.05, 0) is 31.9 Å². The number of furan rings is 1. The van der Waals surface area contributed by atoms with E-state index in [-0.39, 0.29) is 12.1 Å². The third-order valence-electron chi connectivity index (χ3n) is 4.42. The maximum Gasteiger partial charge on any atom is 0.317 e. The number of hydrogen-bond donors (Lipinski definition) is 1. The van der Waals surface area contributed by atoms with Gasteiger partial charge >= 0.3 is 6.03 Å². The highest BCUT2D eigenvalue weighted by Crippen LogP contribution is 2.23. The molecule has 6 heteroatoms. The lowest BCUT2D eigenvalue weighted by Gasteiger charge is -2.33. The fourth-order valence-electron chi connectivity index (χ4n) is 3.15. The van der Waals surface area contributed by atoms with Crippen LogP contribution in [0.5, 0.6) is 0 Å². The van der Waals surface area contributed by atoms with E-state index in [9.17, 15) is 4.79 Å². The highest BCUT2D eigenvalue weighted by molar-refractivity contribution is 5.74. The molecule has 3 heterocycles. The summed E-state index contributed by atoms with van der Waals surface area (Å²) in [6.45, 7) is 7.45. The van der Waals surface area contributed by atoms with E-state index in [0.717, 1.165) is 63.8 Å². The number of morpholine rings is 1. The largest absolute Gasteiger partial charge is 0.465 e. The molecular weight excluding hydrogens is 282 g/mol. The molecule has 2 amide bonds. The Morgan fingerprint density at radius 1 is 1.23 bits per heavy atom. The van der Waals surface area contributed by atoms with Crippen LogP contribution >= 0.6 is 0 Å². The molecule has 0 radical (unpaired) electrons. The number of amides is 2. The van der Waals surface area contributed by atoms with Crippen molar-refractivity contribution in [2.75, 3.05) is 45.9 Å². The molecule has 2 saturated heterocycles. The zero-order chi connectivity index (χ0) is 15.4. The van der Waals surface area contributed by atoms with E-state index in [2.05, 4.69) is 10.2 Å². The van der Waals surface area contributed by atoms with Gasteiger partial charge in [-0.25, -0.2) is 4.79 Å². The molecule has 0 bridgehead atoms. The van der Waals surface area contributed by atoms with Crippen molar-refractivity contribution in [3.05, 3.63) is 23.7 Å². The zero-order valence-electron chi connectivity index (χ0n) is 13.2. The number of ether oxygens (including phenoxy) is 1. The second kappa shape index (κ2) is 7.15. The van der Waals surface area contributed by atoms with Crippen LogP contribution in [0.2, 0.25) is 0 Å². The monoisotopic (exact) mass is 307 g/mol. The lowest BCUT2D eigenvalue weighted by atomic mass is 10.1. The molecule has 0 aliphatic carbocycles. The van der Waals surface area contributed by atoms with Crippen molar-refractivity contribution in [2.45, 2.75) is 25.8 Å². The molecule has 3 rings (SSSR count). The molecule has 0 saturated carbocycles. The van der Waals surface area contributed by atoms with Gasteiger partial charge in [0.05, 0.1) is 19.3 Å². The zero-order valence-corrected chi connectivity index (χ0v) is 13.2. The standard InChI is InChI=1S/C16H25N3O3/c1-13-4-5-15(22-13)14(18-8-10-21-11-9-18)12-17-16(20)19-6-2-3-7-19/h4-5,14H,2-3,6-12H2,1H3,(H,17,20). The molecule has 2 aliphatic heterocycles. The molecule has 0 aromatic carbocycles. The van der Waals surface area contributed by atoms with Crippen molar-refractivity contribution < 1.29 is 13.9 Å². The summed E-state index contributed by atoms with van der Waals surface area (Å²) in [5, 5.41) is 3.07. The number of hydrogen-bond acceptors (Lipinski definition) is 4. The second-order valence-electron chi connectivity index (χ2n) is 5.99.